The number of hydrogen-bond acceptors (Lipinski definition) is 4. The van der Waals surface area contributed by atoms with Crippen LogP contribution in [0.15, 0.2) is 12.1 Å². The number of nitrogen functional groups attached to an aromatic ring is 1. The van der Waals surface area contributed by atoms with E-state index in [1.54, 1.807) is 20.3 Å². The molecule has 3 N–H and O–H groups in total. The molecule has 2 rings (SSSR count). The normalized spacial score (nSPS) is 22.7. The van der Waals surface area contributed by atoms with E-state index in [1.165, 1.54) is 6.42 Å². The summed E-state index contributed by atoms with van der Waals surface area (Å²) in [5, 5.41) is 3.40. The average Bonchev–Trinajstić information content (AvgIpc) is 2.96. The van der Waals surface area contributed by atoms with Gasteiger partial charge in [0.2, 0.25) is 0 Å². The molecule has 4 nitrogen and oxygen atoms in total. The van der Waals surface area contributed by atoms with E-state index in [-0.39, 0.29) is 0 Å². The molecule has 4 heteroatoms. The fraction of sp³-hybridized carbons (Fsp3) is 0.500. The first kappa shape index (κ1) is 10.9. The van der Waals surface area contributed by atoms with Crippen molar-refractivity contribution in [2.45, 2.75) is 19.4 Å². The van der Waals surface area contributed by atoms with Gasteiger partial charge < -0.3 is 20.5 Å². The smallest absolute Gasteiger partial charge is 0.162 e. The molecular formula is C12H18N2O2. The van der Waals surface area contributed by atoms with E-state index >= 15 is 0 Å². The Labute approximate surface area is 95.7 Å². The average molecular weight is 222 g/mol. The van der Waals surface area contributed by atoms with Crippen LogP contribution in [-0.2, 0) is 0 Å². The molecule has 0 spiro atoms. The maximum absolute atomic E-state index is 5.94. The molecule has 1 aromatic carbocycles. The van der Waals surface area contributed by atoms with E-state index in [9.17, 15) is 0 Å². The van der Waals surface area contributed by atoms with Gasteiger partial charge in [-0.1, -0.05) is 6.92 Å². The van der Waals surface area contributed by atoms with Crippen LogP contribution in [0.3, 0.4) is 0 Å². The molecule has 1 aromatic rings. The highest BCUT2D eigenvalue weighted by Crippen LogP contribution is 2.39. The molecule has 1 aliphatic rings. The van der Waals surface area contributed by atoms with Crippen LogP contribution in [0.5, 0.6) is 11.5 Å². The summed E-state index contributed by atoms with van der Waals surface area (Å²) in [7, 11) is 3.23. The van der Waals surface area contributed by atoms with E-state index in [0.29, 0.717) is 23.2 Å². The lowest BCUT2D eigenvalue weighted by Crippen LogP contribution is -2.06. The van der Waals surface area contributed by atoms with Gasteiger partial charge in [0, 0.05) is 18.2 Å². The summed E-state index contributed by atoms with van der Waals surface area (Å²) in [6, 6.07) is 4.22. The minimum atomic E-state index is 0.542. The Morgan fingerprint density at radius 2 is 1.81 bits per heavy atom. The molecule has 1 saturated carbocycles. The topological polar surface area (TPSA) is 56.5 Å². The number of methoxy groups -OCH3 is 2. The molecule has 2 unspecified atom stereocenters. The van der Waals surface area contributed by atoms with Crippen molar-refractivity contribution in [1.29, 1.82) is 0 Å². The lowest BCUT2D eigenvalue weighted by molar-refractivity contribution is 0.355. The van der Waals surface area contributed by atoms with Crippen molar-refractivity contribution in [3.63, 3.8) is 0 Å². The standard InChI is InChI=1S/C12H18N2O2/c1-7-4-9(7)14-10-6-12(16-3)11(15-2)5-8(10)13/h5-7,9,14H,4,13H2,1-3H3. The van der Waals surface area contributed by atoms with Crippen LogP contribution in [0.2, 0.25) is 0 Å². The first-order valence-electron chi connectivity index (χ1n) is 5.43. The Kier molecular flexibility index (Phi) is 2.81. The quantitative estimate of drug-likeness (QED) is 0.766. The summed E-state index contributed by atoms with van der Waals surface area (Å²) in [5.41, 5.74) is 7.56. The summed E-state index contributed by atoms with van der Waals surface area (Å²) in [5.74, 6) is 2.09. The Hall–Kier alpha value is -1.58. The number of hydrogen-bond donors (Lipinski definition) is 2. The molecule has 0 aromatic heterocycles. The van der Waals surface area contributed by atoms with Crippen molar-refractivity contribution < 1.29 is 9.47 Å². The lowest BCUT2D eigenvalue weighted by Gasteiger charge is -2.13. The zero-order valence-corrected chi connectivity index (χ0v) is 9.91. The third-order valence-corrected chi connectivity index (χ3v) is 3.01. The fourth-order valence-corrected chi connectivity index (χ4v) is 1.74. The highest BCUT2D eigenvalue weighted by molar-refractivity contribution is 5.72. The third kappa shape index (κ3) is 2.01. The van der Waals surface area contributed by atoms with Crippen LogP contribution >= 0.6 is 0 Å². The predicted octanol–water partition coefficient (Wildman–Crippen LogP) is 2.11. The minimum absolute atomic E-state index is 0.542. The molecule has 1 aliphatic carbocycles. The second kappa shape index (κ2) is 4.12. The second-order valence-electron chi connectivity index (χ2n) is 4.26. The van der Waals surface area contributed by atoms with Gasteiger partial charge in [-0.15, -0.1) is 0 Å². The number of rotatable bonds is 4. The van der Waals surface area contributed by atoms with Gasteiger partial charge in [0.05, 0.1) is 25.6 Å². The van der Waals surface area contributed by atoms with Gasteiger partial charge in [0.15, 0.2) is 11.5 Å². The maximum Gasteiger partial charge on any atom is 0.162 e. The molecule has 0 bridgehead atoms. The van der Waals surface area contributed by atoms with Crippen LogP contribution in [0.25, 0.3) is 0 Å². The monoisotopic (exact) mass is 222 g/mol. The van der Waals surface area contributed by atoms with Gasteiger partial charge in [0.25, 0.3) is 0 Å². The van der Waals surface area contributed by atoms with E-state index < -0.39 is 0 Å². The van der Waals surface area contributed by atoms with Crippen LogP contribution in [0.4, 0.5) is 11.4 Å². The highest BCUT2D eigenvalue weighted by Gasteiger charge is 2.32. The van der Waals surface area contributed by atoms with Crippen molar-refractivity contribution in [2.75, 3.05) is 25.3 Å². The molecule has 2 atom stereocenters. The maximum atomic E-state index is 5.94. The zero-order chi connectivity index (χ0) is 11.7. The van der Waals surface area contributed by atoms with Gasteiger partial charge in [-0.3, -0.25) is 0 Å². The van der Waals surface area contributed by atoms with Crippen molar-refractivity contribution >= 4 is 11.4 Å². The Balaban J connectivity index is 2.23. The molecular weight excluding hydrogens is 204 g/mol. The van der Waals surface area contributed by atoms with Crippen LogP contribution < -0.4 is 20.5 Å². The Morgan fingerprint density at radius 3 is 2.31 bits per heavy atom. The lowest BCUT2D eigenvalue weighted by atomic mass is 10.2. The van der Waals surface area contributed by atoms with Crippen molar-refractivity contribution in [3.05, 3.63) is 12.1 Å². The summed E-state index contributed by atoms with van der Waals surface area (Å²) in [6.45, 7) is 2.22. The number of ether oxygens (including phenoxy) is 2. The molecule has 0 aliphatic heterocycles. The highest BCUT2D eigenvalue weighted by atomic mass is 16.5. The first-order valence-corrected chi connectivity index (χ1v) is 5.43. The number of anilines is 2. The van der Waals surface area contributed by atoms with Crippen LogP contribution in [-0.4, -0.2) is 20.3 Å². The van der Waals surface area contributed by atoms with E-state index in [0.717, 1.165) is 11.6 Å². The van der Waals surface area contributed by atoms with Crippen molar-refractivity contribution in [1.82, 2.24) is 0 Å². The molecule has 16 heavy (non-hydrogen) atoms. The number of nitrogens with two attached hydrogens (primary N) is 1. The minimum Gasteiger partial charge on any atom is -0.493 e. The number of benzene rings is 1. The Morgan fingerprint density at radius 1 is 1.25 bits per heavy atom. The molecule has 0 amide bonds. The summed E-state index contributed by atoms with van der Waals surface area (Å²) < 4.78 is 10.4. The molecule has 88 valence electrons. The predicted molar refractivity (Wildman–Crippen MR) is 65.2 cm³/mol. The molecule has 1 fully saturated rings. The van der Waals surface area contributed by atoms with Crippen molar-refractivity contribution in [2.24, 2.45) is 5.92 Å². The summed E-state index contributed by atoms with van der Waals surface area (Å²) in [4.78, 5) is 0. The zero-order valence-electron chi connectivity index (χ0n) is 9.91. The fourth-order valence-electron chi connectivity index (χ4n) is 1.74. The molecule has 0 radical (unpaired) electrons. The second-order valence-corrected chi connectivity index (χ2v) is 4.26. The van der Waals surface area contributed by atoms with Crippen molar-refractivity contribution in [3.8, 4) is 11.5 Å². The van der Waals surface area contributed by atoms with E-state index in [2.05, 4.69) is 12.2 Å². The first-order chi connectivity index (χ1) is 7.65. The number of nitrogens with one attached hydrogen (secondary N) is 1. The van der Waals surface area contributed by atoms with E-state index in [1.807, 2.05) is 6.07 Å². The molecule has 0 saturated heterocycles. The molecule has 0 heterocycles. The van der Waals surface area contributed by atoms with Gasteiger partial charge in [-0.2, -0.15) is 0 Å². The van der Waals surface area contributed by atoms with Gasteiger partial charge in [-0.05, 0) is 12.3 Å². The Bertz CT molecular complexity index is 393. The van der Waals surface area contributed by atoms with Gasteiger partial charge in [0.1, 0.15) is 0 Å². The van der Waals surface area contributed by atoms with Gasteiger partial charge >= 0.3 is 0 Å². The van der Waals surface area contributed by atoms with Crippen LogP contribution in [0, 0.1) is 5.92 Å². The van der Waals surface area contributed by atoms with E-state index in [4.69, 9.17) is 15.2 Å². The van der Waals surface area contributed by atoms with Gasteiger partial charge in [-0.25, -0.2) is 0 Å². The largest absolute Gasteiger partial charge is 0.493 e. The third-order valence-electron chi connectivity index (χ3n) is 3.01. The summed E-state index contributed by atoms with van der Waals surface area (Å²) >= 11 is 0. The summed E-state index contributed by atoms with van der Waals surface area (Å²) in [6.07, 6.45) is 1.20. The van der Waals surface area contributed by atoms with Crippen LogP contribution in [0.1, 0.15) is 13.3 Å². The SMILES string of the molecule is COc1cc(N)c(NC2CC2C)cc1OC.